The molecule has 1 rings (SSSR count). The van der Waals surface area contributed by atoms with E-state index in [4.69, 9.17) is 5.11 Å². The van der Waals surface area contributed by atoms with E-state index in [2.05, 4.69) is 0 Å². The Bertz CT molecular complexity index is 336. The highest BCUT2D eigenvalue weighted by Gasteiger charge is 2.36. The molecule has 4 nitrogen and oxygen atoms in total. The number of carbonyl (C=O) groups excluding carboxylic acids is 1. The Hall–Kier alpha value is -1.27. The number of carboxylic acids is 1. The number of hydrogen-bond donors (Lipinski definition) is 1. The maximum atomic E-state index is 12.4. The third-order valence-electron chi connectivity index (χ3n) is 3.46. The summed E-state index contributed by atoms with van der Waals surface area (Å²) < 4.78 is 37.3. The van der Waals surface area contributed by atoms with Crippen LogP contribution in [0.4, 0.5) is 13.2 Å². The van der Waals surface area contributed by atoms with E-state index in [9.17, 15) is 22.8 Å². The van der Waals surface area contributed by atoms with Crippen LogP contribution >= 0.6 is 0 Å². The molecule has 1 N–H and O–H groups in total. The Morgan fingerprint density at radius 2 is 1.55 bits per heavy atom. The Morgan fingerprint density at radius 3 is 2.00 bits per heavy atom. The zero-order chi connectivity index (χ0) is 15.2. The van der Waals surface area contributed by atoms with Gasteiger partial charge in [-0.3, -0.25) is 9.59 Å². The molecule has 0 atom stereocenters. The van der Waals surface area contributed by atoms with Crippen molar-refractivity contribution in [2.45, 2.75) is 51.1 Å². The summed E-state index contributed by atoms with van der Waals surface area (Å²) in [5.74, 6) is -2.57. The lowest BCUT2D eigenvalue weighted by Crippen LogP contribution is -2.45. The summed E-state index contributed by atoms with van der Waals surface area (Å²) in [5, 5.41) is 8.67. The van der Waals surface area contributed by atoms with Gasteiger partial charge in [0.25, 0.3) is 0 Å². The number of carbonyl (C=O) groups is 2. The highest BCUT2D eigenvalue weighted by molar-refractivity contribution is 5.83. The van der Waals surface area contributed by atoms with Gasteiger partial charge in [-0.05, 0) is 12.8 Å². The van der Waals surface area contributed by atoms with Crippen LogP contribution in [-0.4, -0.2) is 41.1 Å². The van der Waals surface area contributed by atoms with Crippen LogP contribution < -0.4 is 0 Å². The van der Waals surface area contributed by atoms with Gasteiger partial charge in [0.15, 0.2) is 0 Å². The van der Waals surface area contributed by atoms with Crippen molar-refractivity contribution in [3.8, 4) is 0 Å². The predicted octanol–water partition coefficient (Wildman–Crippen LogP) is 2.82. The summed E-state index contributed by atoms with van der Waals surface area (Å²) in [6, 6.07) is 0. The quantitative estimate of drug-likeness (QED) is 0.867. The molecule has 0 saturated heterocycles. The lowest BCUT2D eigenvalue weighted by Gasteiger charge is -2.27. The minimum atomic E-state index is -4.58. The molecule has 0 heterocycles. The minimum absolute atomic E-state index is 0.425. The van der Waals surface area contributed by atoms with Crippen LogP contribution in [0.1, 0.15) is 44.9 Å². The standard InChI is InChI=1S/C13H20F3NO3/c14-13(15,16)9-17(8-11(18)19)12(20)10-6-4-2-1-3-5-7-10/h10H,1-9H2,(H,18,19). The zero-order valence-corrected chi connectivity index (χ0v) is 11.3. The highest BCUT2D eigenvalue weighted by atomic mass is 19.4. The summed E-state index contributed by atoms with van der Waals surface area (Å²) in [4.78, 5) is 23.2. The molecule has 20 heavy (non-hydrogen) atoms. The van der Waals surface area contributed by atoms with Crippen molar-refractivity contribution in [2.75, 3.05) is 13.1 Å². The molecule has 1 aliphatic carbocycles. The lowest BCUT2D eigenvalue weighted by molar-refractivity contribution is -0.168. The monoisotopic (exact) mass is 295 g/mol. The number of rotatable bonds is 4. The second-order valence-electron chi connectivity index (χ2n) is 5.25. The fourth-order valence-electron chi connectivity index (χ4n) is 2.55. The first-order chi connectivity index (χ1) is 9.29. The number of hydrogen-bond acceptors (Lipinski definition) is 2. The molecule has 0 unspecified atom stereocenters. The van der Waals surface area contributed by atoms with Crippen LogP contribution in [-0.2, 0) is 9.59 Å². The summed E-state index contributed by atoms with van der Waals surface area (Å²) in [7, 11) is 0. The topological polar surface area (TPSA) is 57.6 Å². The van der Waals surface area contributed by atoms with E-state index in [1.807, 2.05) is 0 Å². The largest absolute Gasteiger partial charge is 0.480 e. The average molecular weight is 295 g/mol. The molecule has 0 radical (unpaired) electrons. The fourth-order valence-corrected chi connectivity index (χ4v) is 2.55. The van der Waals surface area contributed by atoms with Crippen LogP contribution in [0, 0.1) is 5.92 Å². The molecular formula is C13H20F3NO3. The van der Waals surface area contributed by atoms with Gasteiger partial charge in [0, 0.05) is 5.92 Å². The first kappa shape index (κ1) is 16.8. The molecule has 1 aliphatic rings. The summed E-state index contributed by atoms with van der Waals surface area (Å²) >= 11 is 0. The van der Waals surface area contributed by atoms with Gasteiger partial charge in [-0.25, -0.2) is 0 Å². The smallest absolute Gasteiger partial charge is 0.406 e. The zero-order valence-electron chi connectivity index (χ0n) is 11.3. The Morgan fingerprint density at radius 1 is 1.05 bits per heavy atom. The number of halogens is 3. The molecule has 0 aromatic carbocycles. The van der Waals surface area contributed by atoms with Crippen molar-refractivity contribution in [2.24, 2.45) is 5.92 Å². The third kappa shape index (κ3) is 6.25. The van der Waals surface area contributed by atoms with E-state index in [0.29, 0.717) is 17.7 Å². The molecule has 0 aliphatic heterocycles. The number of aliphatic carboxylic acids is 1. The fraction of sp³-hybridized carbons (Fsp3) is 0.846. The van der Waals surface area contributed by atoms with E-state index in [-0.39, 0.29) is 0 Å². The van der Waals surface area contributed by atoms with E-state index < -0.39 is 37.1 Å². The number of carboxylic acid groups (broad SMARTS) is 1. The van der Waals surface area contributed by atoms with Gasteiger partial charge in [0.05, 0.1) is 0 Å². The first-order valence-electron chi connectivity index (χ1n) is 6.87. The van der Waals surface area contributed by atoms with Gasteiger partial charge >= 0.3 is 12.1 Å². The summed E-state index contributed by atoms with van der Waals surface area (Å²) in [6.45, 7) is -2.39. The van der Waals surface area contributed by atoms with Crippen LogP contribution in [0.2, 0.25) is 0 Å². The second-order valence-corrected chi connectivity index (χ2v) is 5.25. The summed E-state index contributed by atoms with van der Waals surface area (Å²) in [6.07, 6.45) is 1.17. The van der Waals surface area contributed by atoms with Crippen molar-refractivity contribution in [1.82, 2.24) is 4.90 Å². The Labute approximate surface area is 115 Å². The van der Waals surface area contributed by atoms with Crippen LogP contribution in [0.3, 0.4) is 0 Å². The Balaban J connectivity index is 2.71. The maximum Gasteiger partial charge on any atom is 0.406 e. The molecule has 1 saturated carbocycles. The molecular weight excluding hydrogens is 275 g/mol. The second kappa shape index (κ2) is 7.50. The molecule has 0 aromatic rings. The molecule has 0 spiro atoms. The Kier molecular flexibility index (Phi) is 6.29. The average Bonchev–Trinajstić information content (AvgIpc) is 2.24. The normalized spacial score (nSPS) is 18.1. The van der Waals surface area contributed by atoms with Crippen LogP contribution in [0.15, 0.2) is 0 Å². The molecule has 0 aromatic heterocycles. The predicted molar refractivity (Wildman–Crippen MR) is 66.1 cm³/mol. The lowest BCUT2D eigenvalue weighted by atomic mass is 9.90. The minimum Gasteiger partial charge on any atom is -0.480 e. The van der Waals surface area contributed by atoms with Gasteiger partial charge in [-0.1, -0.05) is 32.1 Å². The number of amides is 1. The first-order valence-corrected chi connectivity index (χ1v) is 6.87. The molecule has 116 valence electrons. The van der Waals surface area contributed by atoms with Gasteiger partial charge in [-0.2, -0.15) is 13.2 Å². The number of nitrogens with zero attached hydrogens (tertiary/aromatic N) is 1. The van der Waals surface area contributed by atoms with Crippen LogP contribution in [0.5, 0.6) is 0 Å². The van der Waals surface area contributed by atoms with E-state index in [1.54, 1.807) is 0 Å². The summed E-state index contributed by atoms with van der Waals surface area (Å²) in [5.41, 5.74) is 0. The van der Waals surface area contributed by atoms with Crippen molar-refractivity contribution >= 4 is 11.9 Å². The highest BCUT2D eigenvalue weighted by Crippen LogP contribution is 2.25. The van der Waals surface area contributed by atoms with Crippen molar-refractivity contribution in [3.05, 3.63) is 0 Å². The van der Waals surface area contributed by atoms with E-state index in [0.717, 1.165) is 32.1 Å². The van der Waals surface area contributed by atoms with Crippen molar-refractivity contribution in [3.63, 3.8) is 0 Å². The SMILES string of the molecule is O=C(O)CN(CC(F)(F)F)C(=O)C1CCCCCCC1. The van der Waals surface area contributed by atoms with Crippen molar-refractivity contribution < 1.29 is 27.9 Å². The maximum absolute atomic E-state index is 12.4. The molecule has 1 amide bonds. The van der Waals surface area contributed by atoms with E-state index >= 15 is 0 Å². The van der Waals surface area contributed by atoms with Crippen LogP contribution in [0.25, 0.3) is 0 Å². The molecule has 7 heteroatoms. The van der Waals surface area contributed by atoms with Gasteiger partial charge in [0.1, 0.15) is 13.1 Å². The van der Waals surface area contributed by atoms with Gasteiger partial charge in [0.2, 0.25) is 5.91 Å². The van der Waals surface area contributed by atoms with Gasteiger partial charge < -0.3 is 10.0 Å². The number of alkyl halides is 3. The third-order valence-corrected chi connectivity index (χ3v) is 3.46. The molecule has 0 bridgehead atoms. The van der Waals surface area contributed by atoms with Gasteiger partial charge in [-0.15, -0.1) is 0 Å². The molecule has 1 fully saturated rings. The van der Waals surface area contributed by atoms with Crippen molar-refractivity contribution in [1.29, 1.82) is 0 Å². The van der Waals surface area contributed by atoms with E-state index in [1.165, 1.54) is 0 Å².